The molecule has 2 heterocycles. The van der Waals surface area contributed by atoms with Gasteiger partial charge in [-0.15, -0.1) is 16.4 Å². The predicted octanol–water partition coefficient (Wildman–Crippen LogP) is 2.28. The molecule has 80 valence electrons. The molecule has 15 heavy (non-hydrogen) atoms. The van der Waals surface area contributed by atoms with Crippen molar-refractivity contribution in [1.29, 1.82) is 0 Å². The van der Waals surface area contributed by atoms with Crippen LogP contribution >= 0.6 is 34.5 Å². The van der Waals surface area contributed by atoms with E-state index in [-0.39, 0.29) is 0 Å². The van der Waals surface area contributed by atoms with E-state index >= 15 is 0 Å². The summed E-state index contributed by atoms with van der Waals surface area (Å²) in [5.74, 6) is 0. The van der Waals surface area contributed by atoms with Crippen molar-refractivity contribution in [3.8, 4) is 0 Å². The summed E-state index contributed by atoms with van der Waals surface area (Å²) in [6, 6.07) is 0. The Balaban J connectivity index is 1.93. The quantitative estimate of drug-likeness (QED) is 0.846. The fourth-order valence-electron chi connectivity index (χ4n) is 1.20. The van der Waals surface area contributed by atoms with Gasteiger partial charge in [0.25, 0.3) is 0 Å². The van der Waals surface area contributed by atoms with E-state index in [1.54, 1.807) is 11.3 Å². The molecule has 0 bridgehead atoms. The summed E-state index contributed by atoms with van der Waals surface area (Å²) in [6.07, 6.45) is 0. The van der Waals surface area contributed by atoms with Crippen molar-refractivity contribution in [2.45, 2.75) is 13.1 Å². The maximum Gasteiger partial charge on any atom is 0.138 e. The summed E-state index contributed by atoms with van der Waals surface area (Å²) in [5.41, 5.74) is 3.74. The van der Waals surface area contributed by atoms with E-state index < -0.39 is 0 Å². The Morgan fingerprint density at radius 3 is 2.93 bits per heavy atom. The zero-order valence-electron chi connectivity index (χ0n) is 8.05. The lowest BCUT2D eigenvalue weighted by Gasteiger charge is -2.13. The second-order valence-electron chi connectivity index (χ2n) is 3.15. The molecule has 0 aliphatic rings. The number of nitrogens with zero attached hydrogens (tertiary/aromatic N) is 4. The number of halogens is 1. The van der Waals surface area contributed by atoms with Crippen LogP contribution in [0, 0.1) is 0 Å². The lowest BCUT2D eigenvalue weighted by atomic mass is 10.4. The van der Waals surface area contributed by atoms with Crippen molar-refractivity contribution >= 4 is 34.5 Å². The van der Waals surface area contributed by atoms with Crippen LogP contribution in [0.15, 0.2) is 10.9 Å². The third-order valence-electron chi connectivity index (χ3n) is 1.84. The van der Waals surface area contributed by atoms with Gasteiger partial charge in [-0.25, -0.2) is 4.98 Å². The van der Waals surface area contributed by atoms with E-state index in [1.165, 1.54) is 11.5 Å². The Labute approximate surface area is 101 Å². The van der Waals surface area contributed by atoms with Gasteiger partial charge < -0.3 is 0 Å². The van der Waals surface area contributed by atoms with Crippen LogP contribution in [-0.4, -0.2) is 26.5 Å². The van der Waals surface area contributed by atoms with Crippen molar-refractivity contribution in [1.82, 2.24) is 19.5 Å². The minimum absolute atomic E-state index is 0.667. The topological polar surface area (TPSA) is 41.9 Å². The van der Waals surface area contributed by atoms with Crippen LogP contribution in [0.5, 0.6) is 0 Å². The van der Waals surface area contributed by atoms with E-state index in [0.29, 0.717) is 10.9 Å². The molecule has 0 radical (unpaired) electrons. The maximum absolute atomic E-state index is 5.92. The molecule has 0 aliphatic carbocycles. The van der Waals surface area contributed by atoms with Gasteiger partial charge in [0.2, 0.25) is 0 Å². The molecule has 0 spiro atoms. The van der Waals surface area contributed by atoms with Gasteiger partial charge in [-0.05, 0) is 7.05 Å². The number of thiazole rings is 1. The molecule has 0 saturated carbocycles. The summed E-state index contributed by atoms with van der Waals surface area (Å²) in [4.78, 5) is 6.33. The van der Waals surface area contributed by atoms with Crippen LogP contribution in [0.25, 0.3) is 0 Å². The van der Waals surface area contributed by atoms with Crippen molar-refractivity contribution in [3.05, 3.63) is 26.6 Å². The molecule has 0 N–H and O–H groups in total. The SMILES string of the molecule is CN(Cc1cscn1)Cc1nnsc1Cl. The molecule has 0 aromatic carbocycles. The van der Waals surface area contributed by atoms with Crippen LogP contribution in [-0.2, 0) is 13.1 Å². The molecule has 2 aromatic rings. The average molecular weight is 261 g/mol. The Morgan fingerprint density at radius 1 is 1.47 bits per heavy atom. The Bertz CT molecular complexity index is 414. The summed E-state index contributed by atoms with van der Waals surface area (Å²) in [6.45, 7) is 1.50. The molecule has 0 saturated heterocycles. The summed E-state index contributed by atoms with van der Waals surface area (Å²) in [7, 11) is 2.01. The maximum atomic E-state index is 5.92. The van der Waals surface area contributed by atoms with Gasteiger partial charge in [-0.1, -0.05) is 16.1 Å². The highest BCUT2D eigenvalue weighted by Crippen LogP contribution is 2.18. The molecule has 7 heteroatoms. The fourth-order valence-corrected chi connectivity index (χ4v) is 2.36. The molecule has 0 aliphatic heterocycles. The first-order valence-electron chi connectivity index (χ1n) is 4.28. The summed E-state index contributed by atoms with van der Waals surface area (Å²) in [5, 5.41) is 6.00. The standard InChI is InChI=1S/C8H9ClN4S2/c1-13(2-6-4-14-5-10-6)3-7-8(9)15-12-11-7/h4-5H,2-3H2,1H3. The molecule has 2 aromatic heterocycles. The largest absolute Gasteiger partial charge is 0.295 e. The first kappa shape index (κ1) is 10.9. The van der Waals surface area contributed by atoms with E-state index in [1.807, 2.05) is 17.9 Å². The number of hydrogen-bond acceptors (Lipinski definition) is 6. The van der Waals surface area contributed by atoms with Gasteiger partial charge in [0.15, 0.2) is 0 Å². The highest BCUT2D eigenvalue weighted by molar-refractivity contribution is 7.10. The van der Waals surface area contributed by atoms with Crippen molar-refractivity contribution in [3.63, 3.8) is 0 Å². The van der Waals surface area contributed by atoms with Crippen LogP contribution in [0.3, 0.4) is 0 Å². The van der Waals surface area contributed by atoms with Gasteiger partial charge >= 0.3 is 0 Å². The van der Waals surface area contributed by atoms with Gasteiger partial charge in [0, 0.05) is 30.0 Å². The van der Waals surface area contributed by atoms with E-state index in [4.69, 9.17) is 11.6 Å². The van der Waals surface area contributed by atoms with Crippen molar-refractivity contribution in [2.24, 2.45) is 0 Å². The van der Waals surface area contributed by atoms with E-state index in [9.17, 15) is 0 Å². The van der Waals surface area contributed by atoms with Crippen LogP contribution < -0.4 is 0 Å². The van der Waals surface area contributed by atoms with Crippen LogP contribution in [0.1, 0.15) is 11.4 Å². The van der Waals surface area contributed by atoms with Crippen LogP contribution in [0.2, 0.25) is 4.34 Å². The van der Waals surface area contributed by atoms with Gasteiger partial charge in [-0.3, -0.25) is 4.90 Å². The third kappa shape index (κ3) is 2.94. The molecule has 0 atom stereocenters. The van der Waals surface area contributed by atoms with E-state index in [0.717, 1.165) is 17.9 Å². The first-order valence-corrected chi connectivity index (χ1v) is 6.37. The zero-order valence-corrected chi connectivity index (χ0v) is 10.4. The van der Waals surface area contributed by atoms with Crippen molar-refractivity contribution < 1.29 is 0 Å². The summed E-state index contributed by atoms with van der Waals surface area (Å²) < 4.78 is 4.46. The second-order valence-corrected chi connectivity index (χ2v) is 5.22. The van der Waals surface area contributed by atoms with Crippen molar-refractivity contribution in [2.75, 3.05) is 7.05 Å². The first-order chi connectivity index (χ1) is 7.25. The Hall–Kier alpha value is -0.560. The van der Waals surface area contributed by atoms with Crippen LogP contribution in [0.4, 0.5) is 0 Å². The minimum Gasteiger partial charge on any atom is -0.295 e. The second kappa shape index (κ2) is 4.98. The lowest BCUT2D eigenvalue weighted by Crippen LogP contribution is -2.17. The number of rotatable bonds is 4. The van der Waals surface area contributed by atoms with Gasteiger partial charge in [0.1, 0.15) is 10.0 Å². The molecule has 0 unspecified atom stereocenters. The molecular formula is C8H9ClN4S2. The summed E-state index contributed by atoms with van der Waals surface area (Å²) >= 11 is 8.74. The molecule has 0 amide bonds. The zero-order chi connectivity index (χ0) is 10.7. The highest BCUT2D eigenvalue weighted by atomic mass is 35.5. The smallest absolute Gasteiger partial charge is 0.138 e. The number of aromatic nitrogens is 3. The fraction of sp³-hybridized carbons (Fsp3) is 0.375. The molecule has 0 fully saturated rings. The predicted molar refractivity (Wildman–Crippen MR) is 62.2 cm³/mol. The van der Waals surface area contributed by atoms with E-state index in [2.05, 4.69) is 19.5 Å². The molecular weight excluding hydrogens is 252 g/mol. The van der Waals surface area contributed by atoms with Gasteiger partial charge in [-0.2, -0.15) is 0 Å². The third-order valence-corrected chi connectivity index (χ3v) is 3.46. The van der Waals surface area contributed by atoms with Gasteiger partial charge in [0.05, 0.1) is 11.2 Å². The monoisotopic (exact) mass is 260 g/mol. The number of hydrogen-bond donors (Lipinski definition) is 0. The average Bonchev–Trinajstić information content (AvgIpc) is 2.79. The molecule has 2 rings (SSSR count). The Kier molecular flexibility index (Phi) is 3.63. The highest BCUT2D eigenvalue weighted by Gasteiger charge is 2.09. The minimum atomic E-state index is 0.667. The Morgan fingerprint density at radius 2 is 2.33 bits per heavy atom. The normalized spacial score (nSPS) is 11.1. The lowest BCUT2D eigenvalue weighted by molar-refractivity contribution is 0.312. The molecule has 4 nitrogen and oxygen atoms in total.